The van der Waals surface area contributed by atoms with Crippen molar-refractivity contribution in [3.8, 4) is 5.75 Å². The zero-order chi connectivity index (χ0) is 12.1. The van der Waals surface area contributed by atoms with Gasteiger partial charge in [0.25, 0.3) is 0 Å². The Labute approximate surface area is 99.9 Å². The van der Waals surface area contributed by atoms with Crippen LogP contribution in [0.1, 0.15) is 27.7 Å². The highest BCUT2D eigenvalue weighted by Gasteiger charge is 2.17. The van der Waals surface area contributed by atoms with Crippen molar-refractivity contribution in [2.24, 2.45) is 0 Å². The zero-order valence-corrected chi connectivity index (χ0v) is 11.0. The molecule has 0 bridgehead atoms. The van der Waals surface area contributed by atoms with Crippen molar-refractivity contribution in [3.05, 3.63) is 24.3 Å². The topological polar surface area (TPSA) is 12.5 Å². The maximum atomic E-state index is 5.38. The van der Waals surface area contributed by atoms with Gasteiger partial charge in [0, 0.05) is 0 Å². The molecule has 0 aliphatic heterocycles. The van der Waals surface area contributed by atoms with Gasteiger partial charge in [0.15, 0.2) is 0 Å². The van der Waals surface area contributed by atoms with Crippen LogP contribution in [0.25, 0.3) is 0 Å². The average Bonchev–Trinajstić information content (AvgIpc) is 2.25. The van der Waals surface area contributed by atoms with Crippen LogP contribution >= 0.6 is 0 Å². The van der Waals surface area contributed by atoms with Gasteiger partial charge >= 0.3 is 0 Å². The van der Waals surface area contributed by atoms with Crippen LogP contribution in [-0.4, -0.2) is 31.4 Å². The Bertz CT molecular complexity index is 317. The zero-order valence-electron chi connectivity index (χ0n) is 11.0. The molecule has 88 valence electrons. The number of methoxy groups -OCH3 is 1. The summed E-state index contributed by atoms with van der Waals surface area (Å²) in [6.45, 7) is 8.93. The van der Waals surface area contributed by atoms with Crippen molar-refractivity contribution in [2.45, 2.75) is 39.8 Å². The molecule has 0 fully saturated rings. The summed E-state index contributed by atoms with van der Waals surface area (Å²) in [4.78, 5) is 2.46. The molecule has 0 heterocycles. The van der Waals surface area contributed by atoms with Crippen LogP contribution < -0.4 is 10.2 Å². The standard InChI is InChI=1S/C13H22BNO/c1-10(2)15(11(3)4)14-12-8-6-7-9-13(12)16-5/h6-11,14H,1-5H3. The van der Waals surface area contributed by atoms with Crippen molar-refractivity contribution < 1.29 is 4.74 Å². The lowest BCUT2D eigenvalue weighted by atomic mass is 9.77. The van der Waals surface area contributed by atoms with E-state index in [0.29, 0.717) is 12.1 Å². The van der Waals surface area contributed by atoms with Gasteiger partial charge in [-0.3, -0.25) is 0 Å². The van der Waals surface area contributed by atoms with Gasteiger partial charge in [-0.25, -0.2) is 0 Å². The maximum absolute atomic E-state index is 5.38. The minimum atomic E-state index is 0.546. The van der Waals surface area contributed by atoms with Crippen molar-refractivity contribution in [2.75, 3.05) is 7.11 Å². The summed E-state index contributed by atoms with van der Waals surface area (Å²) in [5, 5.41) is 0. The monoisotopic (exact) mass is 219 g/mol. The van der Waals surface area contributed by atoms with Gasteiger partial charge in [-0.05, 0) is 23.6 Å². The minimum absolute atomic E-state index is 0.546. The summed E-state index contributed by atoms with van der Waals surface area (Å²) in [5.74, 6) is 0.980. The number of nitrogens with zero attached hydrogens (tertiary/aromatic N) is 1. The molecule has 0 N–H and O–H groups in total. The van der Waals surface area contributed by atoms with E-state index in [0.717, 1.165) is 13.2 Å². The second-order valence-corrected chi connectivity index (χ2v) is 4.67. The molecule has 0 aliphatic rings. The number of hydrogen-bond acceptors (Lipinski definition) is 2. The van der Waals surface area contributed by atoms with Gasteiger partial charge in [0.05, 0.1) is 7.11 Å². The molecular formula is C13H22BNO. The number of ether oxygens (including phenoxy) is 1. The second-order valence-electron chi connectivity index (χ2n) is 4.67. The van der Waals surface area contributed by atoms with Crippen LogP contribution in [-0.2, 0) is 0 Å². The fourth-order valence-corrected chi connectivity index (χ4v) is 1.99. The lowest BCUT2D eigenvalue weighted by molar-refractivity contribution is 0.315. The third kappa shape index (κ3) is 3.27. The Morgan fingerprint density at radius 2 is 1.62 bits per heavy atom. The van der Waals surface area contributed by atoms with E-state index in [9.17, 15) is 0 Å². The first-order valence-electron chi connectivity index (χ1n) is 5.94. The summed E-state index contributed by atoms with van der Waals surface area (Å²) in [6.07, 6.45) is 0. The first-order chi connectivity index (χ1) is 7.56. The Kier molecular flexibility index (Phi) is 4.87. The highest BCUT2D eigenvalue weighted by molar-refractivity contribution is 6.52. The summed E-state index contributed by atoms with van der Waals surface area (Å²) >= 11 is 0. The quantitative estimate of drug-likeness (QED) is 0.700. The van der Waals surface area contributed by atoms with Crippen molar-refractivity contribution in [1.82, 2.24) is 4.81 Å². The van der Waals surface area contributed by atoms with Crippen LogP contribution in [0.2, 0.25) is 0 Å². The van der Waals surface area contributed by atoms with Gasteiger partial charge in [0.1, 0.15) is 5.75 Å². The van der Waals surface area contributed by atoms with Crippen LogP contribution in [0.3, 0.4) is 0 Å². The molecule has 1 rings (SSSR count). The SMILES string of the molecule is COc1ccccc1BN(C(C)C)C(C)C. The molecule has 0 saturated carbocycles. The summed E-state index contributed by atoms with van der Waals surface area (Å²) < 4.78 is 5.38. The summed E-state index contributed by atoms with van der Waals surface area (Å²) in [5.41, 5.74) is 1.26. The van der Waals surface area contributed by atoms with Gasteiger partial charge in [0.2, 0.25) is 7.41 Å². The molecule has 0 atom stereocenters. The van der Waals surface area contributed by atoms with Crippen molar-refractivity contribution >= 4 is 12.9 Å². The van der Waals surface area contributed by atoms with E-state index in [1.54, 1.807) is 7.11 Å². The van der Waals surface area contributed by atoms with E-state index in [-0.39, 0.29) is 0 Å². The second kappa shape index (κ2) is 5.95. The summed E-state index contributed by atoms with van der Waals surface area (Å²) in [7, 11) is 2.67. The number of rotatable bonds is 5. The van der Waals surface area contributed by atoms with E-state index in [1.807, 2.05) is 12.1 Å². The third-order valence-electron chi connectivity index (χ3n) is 2.87. The normalized spacial score (nSPS) is 11.2. The number of para-hydroxylation sites is 1. The fraction of sp³-hybridized carbons (Fsp3) is 0.538. The molecule has 1 aromatic rings. The molecule has 0 radical (unpaired) electrons. The predicted molar refractivity (Wildman–Crippen MR) is 71.9 cm³/mol. The summed E-state index contributed by atoms with van der Waals surface area (Å²) in [6, 6.07) is 9.33. The largest absolute Gasteiger partial charge is 0.497 e. The van der Waals surface area contributed by atoms with Gasteiger partial charge < -0.3 is 9.55 Å². The van der Waals surface area contributed by atoms with Crippen LogP contribution in [0, 0.1) is 0 Å². The minimum Gasteiger partial charge on any atom is -0.497 e. The average molecular weight is 219 g/mol. The van der Waals surface area contributed by atoms with Crippen LogP contribution in [0.5, 0.6) is 5.75 Å². The Hall–Kier alpha value is -0.955. The highest BCUT2D eigenvalue weighted by atomic mass is 16.5. The molecule has 2 nitrogen and oxygen atoms in total. The predicted octanol–water partition coefficient (Wildman–Crippen LogP) is 1.79. The molecule has 0 aromatic heterocycles. The maximum Gasteiger partial charge on any atom is 0.243 e. The lowest BCUT2D eigenvalue weighted by Crippen LogP contribution is -2.45. The van der Waals surface area contributed by atoms with Crippen molar-refractivity contribution in [3.63, 3.8) is 0 Å². The Morgan fingerprint density at radius 3 is 2.12 bits per heavy atom. The molecule has 0 saturated heterocycles. The highest BCUT2D eigenvalue weighted by Crippen LogP contribution is 2.08. The fourth-order valence-electron chi connectivity index (χ4n) is 1.99. The molecule has 0 spiro atoms. The number of benzene rings is 1. The molecule has 0 amide bonds. The Balaban J connectivity index is 2.85. The van der Waals surface area contributed by atoms with Gasteiger partial charge in [-0.2, -0.15) is 0 Å². The Morgan fingerprint density at radius 1 is 1.06 bits per heavy atom. The first kappa shape index (κ1) is 13.1. The lowest BCUT2D eigenvalue weighted by Gasteiger charge is -2.30. The molecule has 3 heteroatoms. The van der Waals surface area contributed by atoms with E-state index in [1.165, 1.54) is 5.46 Å². The molecule has 0 aliphatic carbocycles. The molecular weight excluding hydrogens is 197 g/mol. The van der Waals surface area contributed by atoms with Crippen LogP contribution in [0.4, 0.5) is 0 Å². The van der Waals surface area contributed by atoms with Crippen molar-refractivity contribution in [1.29, 1.82) is 0 Å². The third-order valence-corrected chi connectivity index (χ3v) is 2.87. The molecule has 0 unspecified atom stereocenters. The smallest absolute Gasteiger partial charge is 0.243 e. The van der Waals surface area contributed by atoms with Gasteiger partial charge in [-0.1, -0.05) is 45.9 Å². The van der Waals surface area contributed by atoms with E-state index < -0.39 is 0 Å². The van der Waals surface area contributed by atoms with Crippen LogP contribution in [0.15, 0.2) is 24.3 Å². The van der Waals surface area contributed by atoms with E-state index in [2.05, 4.69) is 44.6 Å². The first-order valence-corrected chi connectivity index (χ1v) is 5.94. The van der Waals surface area contributed by atoms with E-state index in [4.69, 9.17) is 4.74 Å². The van der Waals surface area contributed by atoms with Gasteiger partial charge in [-0.15, -0.1) is 0 Å². The van der Waals surface area contributed by atoms with E-state index >= 15 is 0 Å². The molecule has 16 heavy (non-hydrogen) atoms. The number of hydrogen-bond donors (Lipinski definition) is 0. The molecule has 1 aromatic carbocycles.